The van der Waals surface area contributed by atoms with E-state index in [4.69, 9.17) is 11.6 Å². The third kappa shape index (κ3) is 3.90. The molecule has 4 rings (SSSR count). The summed E-state index contributed by atoms with van der Waals surface area (Å²) >= 11 is 6.34. The van der Waals surface area contributed by atoms with Crippen LogP contribution < -0.4 is 20.4 Å². The maximum atomic E-state index is 12.9. The summed E-state index contributed by atoms with van der Waals surface area (Å²) in [4.78, 5) is 29.1. The average molecular weight is 413 g/mol. The zero-order chi connectivity index (χ0) is 20.5. The fourth-order valence-electron chi connectivity index (χ4n) is 4.00. The predicted molar refractivity (Wildman–Crippen MR) is 117 cm³/mol. The number of carbonyl (C=O) groups is 2. The van der Waals surface area contributed by atoms with Gasteiger partial charge in [0.05, 0.1) is 22.1 Å². The number of likely N-dealkylation sites (N-methyl/N-ethyl adjacent to an activating group) is 1. The Morgan fingerprint density at radius 3 is 2.79 bits per heavy atom. The van der Waals surface area contributed by atoms with E-state index in [-0.39, 0.29) is 23.9 Å². The highest BCUT2D eigenvalue weighted by atomic mass is 35.5. The van der Waals surface area contributed by atoms with Crippen molar-refractivity contribution < 1.29 is 9.59 Å². The minimum Gasteiger partial charge on any atom is -0.368 e. The fourth-order valence-corrected chi connectivity index (χ4v) is 4.25. The highest BCUT2D eigenvalue weighted by Crippen LogP contribution is 2.32. The average Bonchev–Trinajstić information content (AvgIpc) is 2.72. The molecular formula is C22H25ClN4O2. The Hall–Kier alpha value is -2.73. The molecule has 0 radical (unpaired) electrons. The molecule has 7 heteroatoms. The number of amides is 2. The lowest BCUT2D eigenvalue weighted by Gasteiger charge is -2.35. The normalized spacial score (nSPS) is 21.4. The number of fused-ring (bicyclic) bond motifs is 1. The number of hydrogen-bond acceptors (Lipinski definition) is 4. The minimum absolute atomic E-state index is 0.0424. The Morgan fingerprint density at radius 1 is 1.21 bits per heavy atom. The molecule has 2 heterocycles. The Morgan fingerprint density at radius 2 is 2.00 bits per heavy atom. The maximum absolute atomic E-state index is 12.9. The monoisotopic (exact) mass is 412 g/mol. The molecule has 2 atom stereocenters. The van der Waals surface area contributed by atoms with Crippen LogP contribution in [0.25, 0.3) is 0 Å². The van der Waals surface area contributed by atoms with Gasteiger partial charge in [-0.3, -0.25) is 9.59 Å². The first kappa shape index (κ1) is 19.6. The SMILES string of the molecule is CC1C(=O)Nc2cc(C(=O)NC3CCCN(c4ccccc4Cl)C3)ccc2N1C. The molecule has 0 aromatic heterocycles. The second-order valence-corrected chi connectivity index (χ2v) is 8.13. The molecule has 152 valence electrons. The van der Waals surface area contributed by atoms with Crippen LogP contribution >= 0.6 is 11.6 Å². The van der Waals surface area contributed by atoms with E-state index in [1.165, 1.54) is 0 Å². The lowest BCUT2D eigenvalue weighted by atomic mass is 10.0. The molecule has 1 fully saturated rings. The van der Waals surface area contributed by atoms with Gasteiger partial charge in [0.1, 0.15) is 6.04 Å². The van der Waals surface area contributed by atoms with Crippen molar-refractivity contribution in [2.75, 3.05) is 35.3 Å². The van der Waals surface area contributed by atoms with Crippen molar-refractivity contribution in [3.05, 3.63) is 53.1 Å². The van der Waals surface area contributed by atoms with Crippen molar-refractivity contribution in [2.45, 2.75) is 31.8 Å². The Kier molecular flexibility index (Phi) is 5.37. The predicted octanol–water partition coefficient (Wildman–Crippen LogP) is 3.52. The van der Waals surface area contributed by atoms with E-state index in [9.17, 15) is 9.59 Å². The number of para-hydroxylation sites is 1. The topological polar surface area (TPSA) is 64.7 Å². The first-order valence-corrected chi connectivity index (χ1v) is 10.3. The van der Waals surface area contributed by atoms with Gasteiger partial charge in [-0.25, -0.2) is 0 Å². The van der Waals surface area contributed by atoms with Crippen LogP contribution in [0.3, 0.4) is 0 Å². The first-order valence-electron chi connectivity index (χ1n) is 9.92. The lowest BCUT2D eigenvalue weighted by molar-refractivity contribution is -0.117. The number of rotatable bonds is 3. The van der Waals surface area contributed by atoms with E-state index >= 15 is 0 Å². The van der Waals surface area contributed by atoms with Crippen molar-refractivity contribution >= 4 is 40.5 Å². The van der Waals surface area contributed by atoms with Crippen molar-refractivity contribution in [3.63, 3.8) is 0 Å². The van der Waals surface area contributed by atoms with Gasteiger partial charge in [0.25, 0.3) is 5.91 Å². The summed E-state index contributed by atoms with van der Waals surface area (Å²) in [5.74, 6) is -0.199. The molecule has 0 aliphatic carbocycles. The fraction of sp³-hybridized carbons (Fsp3) is 0.364. The van der Waals surface area contributed by atoms with Gasteiger partial charge < -0.3 is 20.4 Å². The quantitative estimate of drug-likeness (QED) is 0.809. The van der Waals surface area contributed by atoms with Crippen LogP contribution in [-0.2, 0) is 4.79 Å². The van der Waals surface area contributed by atoms with Gasteiger partial charge in [0.15, 0.2) is 0 Å². The van der Waals surface area contributed by atoms with Gasteiger partial charge in [-0.05, 0) is 50.1 Å². The maximum Gasteiger partial charge on any atom is 0.251 e. The molecule has 29 heavy (non-hydrogen) atoms. The highest BCUT2D eigenvalue weighted by Gasteiger charge is 2.28. The first-order chi connectivity index (χ1) is 13.9. The number of benzene rings is 2. The summed E-state index contributed by atoms with van der Waals surface area (Å²) in [6.45, 7) is 3.50. The van der Waals surface area contributed by atoms with E-state index in [0.717, 1.165) is 42.3 Å². The van der Waals surface area contributed by atoms with Crippen molar-refractivity contribution in [2.24, 2.45) is 0 Å². The number of carbonyl (C=O) groups excluding carboxylic acids is 2. The minimum atomic E-state index is -0.236. The summed E-state index contributed by atoms with van der Waals surface area (Å²) in [7, 11) is 1.88. The summed E-state index contributed by atoms with van der Waals surface area (Å²) < 4.78 is 0. The van der Waals surface area contributed by atoms with E-state index in [0.29, 0.717) is 11.3 Å². The summed E-state index contributed by atoms with van der Waals surface area (Å²) in [6.07, 6.45) is 1.91. The summed E-state index contributed by atoms with van der Waals surface area (Å²) in [5, 5.41) is 6.76. The van der Waals surface area contributed by atoms with Gasteiger partial charge in [-0.1, -0.05) is 23.7 Å². The summed E-state index contributed by atoms with van der Waals surface area (Å²) in [5.41, 5.74) is 3.13. The van der Waals surface area contributed by atoms with Gasteiger partial charge >= 0.3 is 0 Å². The molecule has 0 saturated carbocycles. The molecule has 2 amide bonds. The third-order valence-electron chi connectivity index (χ3n) is 5.81. The van der Waals surface area contributed by atoms with Crippen molar-refractivity contribution in [3.8, 4) is 0 Å². The van der Waals surface area contributed by atoms with Crippen molar-refractivity contribution in [1.82, 2.24) is 5.32 Å². The largest absolute Gasteiger partial charge is 0.368 e. The number of nitrogens with zero attached hydrogens (tertiary/aromatic N) is 2. The molecule has 2 unspecified atom stereocenters. The number of hydrogen-bond donors (Lipinski definition) is 2. The van der Waals surface area contributed by atoms with Crippen LogP contribution in [0.1, 0.15) is 30.1 Å². The Balaban J connectivity index is 1.46. The molecule has 6 nitrogen and oxygen atoms in total. The van der Waals surface area contributed by atoms with E-state index in [2.05, 4.69) is 15.5 Å². The number of halogens is 1. The van der Waals surface area contributed by atoms with E-state index < -0.39 is 0 Å². The summed E-state index contributed by atoms with van der Waals surface area (Å²) in [6, 6.07) is 13.0. The smallest absolute Gasteiger partial charge is 0.251 e. The molecule has 0 bridgehead atoms. The van der Waals surface area contributed by atoms with E-state index in [1.807, 2.05) is 55.3 Å². The van der Waals surface area contributed by atoms with Crippen LogP contribution in [0.2, 0.25) is 5.02 Å². The highest BCUT2D eigenvalue weighted by molar-refractivity contribution is 6.33. The van der Waals surface area contributed by atoms with Crippen molar-refractivity contribution in [1.29, 1.82) is 0 Å². The number of piperidine rings is 1. The second kappa shape index (κ2) is 7.95. The zero-order valence-electron chi connectivity index (χ0n) is 16.6. The van der Waals surface area contributed by atoms with Gasteiger partial charge in [0, 0.05) is 31.7 Å². The van der Waals surface area contributed by atoms with Gasteiger partial charge in [0.2, 0.25) is 5.91 Å². The van der Waals surface area contributed by atoms with Crippen LogP contribution in [0.4, 0.5) is 17.1 Å². The molecule has 2 aliphatic rings. The zero-order valence-corrected chi connectivity index (χ0v) is 17.4. The molecular weight excluding hydrogens is 388 g/mol. The van der Waals surface area contributed by atoms with Gasteiger partial charge in [-0.2, -0.15) is 0 Å². The third-order valence-corrected chi connectivity index (χ3v) is 6.13. The number of anilines is 3. The van der Waals surface area contributed by atoms with E-state index in [1.54, 1.807) is 6.07 Å². The molecule has 1 saturated heterocycles. The van der Waals surface area contributed by atoms with Crippen LogP contribution in [0.15, 0.2) is 42.5 Å². The molecule has 2 aromatic carbocycles. The lowest BCUT2D eigenvalue weighted by Crippen LogP contribution is -2.48. The van der Waals surface area contributed by atoms with Crippen LogP contribution in [0, 0.1) is 0 Å². The Bertz CT molecular complexity index is 948. The Labute approximate surface area is 175 Å². The molecule has 0 spiro atoms. The van der Waals surface area contributed by atoms with Crippen LogP contribution in [0.5, 0.6) is 0 Å². The van der Waals surface area contributed by atoms with Crippen LogP contribution in [-0.4, -0.2) is 44.0 Å². The molecule has 2 aromatic rings. The molecule has 2 aliphatic heterocycles. The van der Waals surface area contributed by atoms with Gasteiger partial charge in [-0.15, -0.1) is 0 Å². The standard InChI is InChI=1S/C22H25ClN4O2/c1-14-21(28)25-18-12-15(9-10-20(18)26(14)2)22(29)24-16-6-5-11-27(13-16)19-8-4-3-7-17(19)23/h3-4,7-10,12,14,16H,5-6,11,13H2,1-2H3,(H,24,29)(H,25,28). The second-order valence-electron chi connectivity index (χ2n) is 7.72. The number of nitrogens with one attached hydrogen (secondary N) is 2. The molecule has 2 N–H and O–H groups in total.